The van der Waals surface area contributed by atoms with Crippen LogP contribution in [0.5, 0.6) is 0 Å². The van der Waals surface area contributed by atoms with Crippen molar-refractivity contribution in [3.63, 3.8) is 0 Å². The van der Waals surface area contributed by atoms with Gasteiger partial charge in [-0.2, -0.15) is 15.0 Å². The van der Waals surface area contributed by atoms with Crippen LogP contribution in [0.25, 0.3) is 0 Å². The number of nitrogens with zero attached hydrogens (tertiary/aromatic N) is 5. The van der Waals surface area contributed by atoms with Gasteiger partial charge in [-0.25, -0.2) is 0 Å². The second kappa shape index (κ2) is 5.56. The maximum Gasteiger partial charge on any atom is 0.231 e. The lowest BCUT2D eigenvalue weighted by Crippen LogP contribution is -2.27. The van der Waals surface area contributed by atoms with Crippen molar-refractivity contribution in [2.24, 2.45) is 5.92 Å². The maximum absolute atomic E-state index is 9.66. The van der Waals surface area contributed by atoms with E-state index in [1.165, 1.54) is 0 Å². The second-order valence-corrected chi connectivity index (χ2v) is 5.14. The predicted molar refractivity (Wildman–Crippen MR) is 75.7 cm³/mol. The molecule has 7 heteroatoms. The molecule has 2 rings (SSSR count). The van der Waals surface area contributed by atoms with Crippen molar-refractivity contribution in [2.75, 3.05) is 49.3 Å². The fraction of sp³-hybridized carbons (Fsp3) is 0.750. The zero-order valence-corrected chi connectivity index (χ0v) is 12.0. The van der Waals surface area contributed by atoms with Crippen LogP contribution in [-0.4, -0.2) is 60.4 Å². The number of rotatable bonds is 4. The van der Waals surface area contributed by atoms with Gasteiger partial charge in [0.25, 0.3) is 0 Å². The van der Waals surface area contributed by atoms with Gasteiger partial charge in [-0.3, -0.25) is 0 Å². The van der Waals surface area contributed by atoms with E-state index >= 15 is 0 Å². The van der Waals surface area contributed by atoms with E-state index in [9.17, 15) is 5.11 Å². The molecular formula is C12H22N6O. The van der Waals surface area contributed by atoms with E-state index in [0.29, 0.717) is 17.8 Å². The number of aliphatic hydroxyl groups excluding tert-OH is 1. The highest BCUT2D eigenvalue weighted by atomic mass is 16.3. The highest BCUT2D eigenvalue weighted by Gasteiger charge is 2.28. The lowest BCUT2D eigenvalue weighted by Gasteiger charge is -2.20. The SMILES string of the molecule is CNc1nc(N(C)C)nc(N2CCC(C(C)O)C2)n1. The molecule has 0 radical (unpaired) electrons. The molecule has 0 bridgehead atoms. The molecule has 2 heterocycles. The Hall–Kier alpha value is -1.63. The summed E-state index contributed by atoms with van der Waals surface area (Å²) in [5.74, 6) is 2.16. The van der Waals surface area contributed by atoms with Gasteiger partial charge in [-0.1, -0.05) is 0 Å². The molecule has 1 saturated heterocycles. The third kappa shape index (κ3) is 3.04. The van der Waals surface area contributed by atoms with Crippen molar-refractivity contribution in [1.82, 2.24) is 15.0 Å². The average Bonchev–Trinajstić information content (AvgIpc) is 2.87. The molecule has 2 N–H and O–H groups in total. The summed E-state index contributed by atoms with van der Waals surface area (Å²) >= 11 is 0. The number of aliphatic hydroxyl groups is 1. The zero-order valence-electron chi connectivity index (χ0n) is 12.0. The Balaban J connectivity index is 2.22. The second-order valence-electron chi connectivity index (χ2n) is 5.14. The van der Waals surface area contributed by atoms with E-state index in [0.717, 1.165) is 19.5 Å². The molecule has 106 valence electrons. The van der Waals surface area contributed by atoms with Gasteiger partial charge < -0.3 is 20.2 Å². The first kappa shape index (κ1) is 13.8. The molecule has 2 atom stereocenters. The van der Waals surface area contributed by atoms with Gasteiger partial charge in [0.1, 0.15) is 0 Å². The largest absolute Gasteiger partial charge is 0.393 e. The van der Waals surface area contributed by atoms with Crippen molar-refractivity contribution < 1.29 is 5.11 Å². The van der Waals surface area contributed by atoms with Crippen LogP contribution in [0.3, 0.4) is 0 Å². The summed E-state index contributed by atoms with van der Waals surface area (Å²) in [6.07, 6.45) is 0.680. The zero-order chi connectivity index (χ0) is 14.0. The third-order valence-electron chi connectivity index (χ3n) is 3.43. The minimum Gasteiger partial charge on any atom is -0.393 e. The first-order valence-electron chi connectivity index (χ1n) is 6.55. The van der Waals surface area contributed by atoms with Gasteiger partial charge in [-0.05, 0) is 13.3 Å². The van der Waals surface area contributed by atoms with Crippen LogP contribution >= 0.6 is 0 Å². The lowest BCUT2D eigenvalue weighted by molar-refractivity contribution is 0.136. The quantitative estimate of drug-likeness (QED) is 0.805. The van der Waals surface area contributed by atoms with Crippen molar-refractivity contribution in [1.29, 1.82) is 0 Å². The number of hydrogen-bond donors (Lipinski definition) is 2. The van der Waals surface area contributed by atoms with Crippen LogP contribution < -0.4 is 15.1 Å². The predicted octanol–water partition coefficient (Wildman–Crippen LogP) is 0.186. The van der Waals surface area contributed by atoms with E-state index in [2.05, 4.69) is 25.2 Å². The van der Waals surface area contributed by atoms with Crippen molar-refractivity contribution in [3.8, 4) is 0 Å². The topological polar surface area (TPSA) is 77.4 Å². The summed E-state index contributed by atoms with van der Waals surface area (Å²) in [7, 11) is 5.60. The van der Waals surface area contributed by atoms with Crippen LogP contribution in [0, 0.1) is 5.92 Å². The van der Waals surface area contributed by atoms with Crippen molar-refractivity contribution >= 4 is 17.8 Å². The molecule has 19 heavy (non-hydrogen) atoms. The first-order chi connectivity index (χ1) is 9.01. The minimum absolute atomic E-state index is 0.288. The standard InChI is InChI=1S/C12H22N6O/c1-8(19)9-5-6-18(7-9)12-15-10(13-2)14-11(16-12)17(3)4/h8-9,19H,5-7H2,1-4H3,(H,13,14,15,16). The number of nitrogens with one attached hydrogen (secondary N) is 1. The Morgan fingerprint density at radius 2 is 2.11 bits per heavy atom. The van der Waals surface area contributed by atoms with Crippen LogP contribution in [0.2, 0.25) is 0 Å². The van der Waals surface area contributed by atoms with E-state index in [-0.39, 0.29) is 12.0 Å². The van der Waals surface area contributed by atoms with Crippen LogP contribution in [0.4, 0.5) is 17.8 Å². The van der Waals surface area contributed by atoms with Crippen molar-refractivity contribution in [2.45, 2.75) is 19.4 Å². The van der Waals surface area contributed by atoms with Gasteiger partial charge in [0.15, 0.2) is 0 Å². The minimum atomic E-state index is -0.288. The van der Waals surface area contributed by atoms with Crippen LogP contribution in [0.15, 0.2) is 0 Å². The van der Waals surface area contributed by atoms with Gasteiger partial charge in [0.2, 0.25) is 17.8 Å². The summed E-state index contributed by atoms with van der Waals surface area (Å²) in [5, 5.41) is 12.6. The lowest BCUT2D eigenvalue weighted by atomic mass is 10.0. The van der Waals surface area contributed by atoms with Gasteiger partial charge in [0, 0.05) is 40.2 Å². The van der Waals surface area contributed by atoms with Crippen LogP contribution in [0.1, 0.15) is 13.3 Å². The molecule has 1 aromatic heterocycles. The number of anilines is 3. The van der Waals surface area contributed by atoms with Crippen LogP contribution in [-0.2, 0) is 0 Å². The molecule has 1 aromatic rings. The summed E-state index contributed by atoms with van der Waals surface area (Å²) < 4.78 is 0. The highest BCUT2D eigenvalue weighted by Crippen LogP contribution is 2.24. The molecule has 0 aromatic carbocycles. The summed E-state index contributed by atoms with van der Waals surface area (Å²) in [5.41, 5.74) is 0. The molecule has 1 aliphatic heterocycles. The summed E-state index contributed by atoms with van der Waals surface area (Å²) in [4.78, 5) is 17.1. The molecule has 1 fully saturated rings. The first-order valence-corrected chi connectivity index (χ1v) is 6.55. The number of aromatic nitrogens is 3. The molecule has 0 aliphatic carbocycles. The van der Waals surface area contributed by atoms with E-state index in [1.807, 2.05) is 25.9 Å². The molecule has 0 spiro atoms. The molecular weight excluding hydrogens is 244 g/mol. The fourth-order valence-electron chi connectivity index (χ4n) is 2.17. The Morgan fingerprint density at radius 1 is 1.37 bits per heavy atom. The summed E-state index contributed by atoms with van der Waals surface area (Å²) in [6.45, 7) is 3.50. The monoisotopic (exact) mass is 266 g/mol. The average molecular weight is 266 g/mol. The normalized spacial score (nSPS) is 20.5. The molecule has 2 unspecified atom stereocenters. The third-order valence-corrected chi connectivity index (χ3v) is 3.43. The van der Waals surface area contributed by atoms with Gasteiger partial charge in [-0.15, -0.1) is 0 Å². The molecule has 7 nitrogen and oxygen atoms in total. The Labute approximate surface area is 113 Å². The van der Waals surface area contributed by atoms with Crippen molar-refractivity contribution in [3.05, 3.63) is 0 Å². The molecule has 1 aliphatic rings. The maximum atomic E-state index is 9.66. The number of hydrogen-bond acceptors (Lipinski definition) is 7. The fourth-order valence-corrected chi connectivity index (χ4v) is 2.17. The Bertz CT molecular complexity index is 436. The van der Waals surface area contributed by atoms with Gasteiger partial charge >= 0.3 is 0 Å². The van der Waals surface area contributed by atoms with E-state index in [1.54, 1.807) is 7.05 Å². The van der Waals surface area contributed by atoms with Gasteiger partial charge in [0.05, 0.1) is 6.10 Å². The Morgan fingerprint density at radius 3 is 2.63 bits per heavy atom. The van der Waals surface area contributed by atoms with E-state index in [4.69, 9.17) is 0 Å². The smallest absolute Gasteiger partial charge is 0.231 e. The summed E-state index contributed by atoms with van der Waals surface area (Å²) in [6, 6.07) is 0. The molecule has 0 amide bonds. The van der Waals surface area contributed by atoms with E-state index < -0.39 is 0 Å². The highest BCUT2D eigenvalue weighted by molar-refractivity contribution is 5.44. The molecule has 0 saturated carbocycles. The Kier molecular flexibility index (Phi) is 4.04.